The van der Waals surface area contributed by atoms with Gasteiger partial charge in [0.2, 0.25) is 5.91 Å². The number of rotatable bonds is 3. The number of hydrogen-bond acceptors (Lipinski definition) is 3. The number of hydroxylamine groups is 2. The molecule has 5 nitrogen and oxygen atoms in total. The molecule has 5 heteroatoms. The van der Waals surface area contributed by atoms with Crippen LogP contribution < -0.4 is 0 Å². The van der Waals surface area contributed by atoms with Gasteiger partial charge in [-0.3, -0.25) is 14.4 Å². The van der Waals surface area contributed by atoms with Gasteiger partial charge in [-0.25, -0.2) is 5.06 Å². The molecular formula is C12H19NO4. The molecule has 0 aromatic carbocycles. The molecule has 0 bridgehead atoms. The zero-order valence-electron chi connectivity index (χ0n) is 9.98. The average Bonchev–Trinajstić information content (AvgIpc) is 2.80. The van der Waals surface area contributed by atoms with E-state index in [0.29, 0.717) is 26.0 Å². The van der Waals surface area contributed by atoms with E-state index in [1.165, 1.54) is 5.06 Å². The standard InChI is InChI=1S/C12H19NO4/c14-10(13-7-3-4-8-17-13)9-12(11(15)16)5-1-2-6-12/h1-9H2,(H,15,16). The minimum atomic E-state index is -0.835. The maximum absolute atomic E-state index is 12.0. The molecule has 17 heavy (non-hydrogen) atoms. The van der Waals surface area contributed by atoms with Crippen molar-refractivity contribution in [2.45, 2.75) is 44.9 Å². The molecule has 0 aromatic rings. The molecule has 96 valence electrons. The van der Waals surface area contributed by atoms with Crippen molar-refractivity contribution in [3.8, 4) is 0 Å². The van der Waals surface area contributed by atoms with Crippen molar-refractivity contribution in [3.05, 3.63) is 0 Å². The molecule has 0 atom stereocenters. The maximum Gasteiger partial charge on any atom is 0.310 e. The molecule has 2 rings (SSSR count). The lowest BCUT2D eigenvalue weighted by molar-refractivity contribution is -0.200. The van der Waals surface area contributed by atoms with E-state index in [9.17, 15) is 14.7 Å². The summed E-state index contributed by atoms with van der Waals surface area (Å²) in [4.78, 5) is 28.6. The van der Waals surface area contributed by atoms with E-state index < -0.39 is 11.4 Å². The van der Waals surface area contributed by atoms with Crippen molar-refractivity contribution >= 4 is 11.9 Å². The third kappa shape index (κ3) is 2.60. The summed E-state index contributed by atoms with van der Waals surface area (Å²) in [5.41, 5.74) is -0.835. The summed E-state index contributed by atoms with van der Waals surface area (Å²) in [6.07, 6.45) is 5.02. The molecule has 1 N–H and O–H groups in total. The minimum absolute atomic E-state index is 0.0856. The Kier molecular flexibility index (Phi) is 3.66. The maximum atomic E-state index is 12.0. The van der Waals surface area contributed by atoms with Crippen molar-refractivity contribution in [3.63, 3.8) is 0 Å². The summed E-state index contributed by atoms with van der Waals surface area (Å²) in [5, 5.41) is 10.7. The van der Waals surface area contributed by atoms with Gasteiger partial charge < -0.3 is 5.11 Å². The number of carboxylic acids is 1. The van der Waals surface area contributed by atoms with Crippen LogP contribution in [0.15, 0.2) is 0 Å². The Balaban J connectivity index is 1.98. The number of amides is 1. The Hall–Kier alpha value is -1.10. The SMILES string of the molecule is O=C(CC1(C(=O)O)CCCC1)N1CCCCO1. The molecule has 1 aliphatic heterocycles. The molecule has 1 heterocycles. The lowest BCUT2D eigenvalue weighted by Crippen LogP contribution is -2.40. The largest absolute Gasteiger partial charge is 0.481 e. The van der Waals surface area contributed by atoms with Gasteiger partial charge in [0.25, 0.3) is 0 Å². The predicted octanol–water partition coefficient (Wildman–Crippen LogP) is 1.58. The van der Waals surface area contributed by atoms with Gasteiger partial charge in [0.15, 0.2) is 0 Å². The van der Waals surface area contributed by atoms with Crippen LogP contribution in [0.1, 0.15) is 44.9 Å². The van der Waals surface area contributed by atoms with E-state index in [0.717, 1.165) is 25.7 Å². The van der Waals surface area contributed by atoms with Crippen LogP contribution in [0.3, 0.4) is 0 Å². The molecule has 1 aliphatic carbocycles. The minimum Gasteiger partial charge on any atom is -0.481 e. The lowest BCUT2D eigenvalue weighted by atomic mass is 9.82. The molecule has 0 unspecified atom stereocenters. The summed E-state index contributed by atoms with van der Waals surface area (Å²) in [6, 6.07) is 0. The second kappa shape index (κ2) is 5.04. The molecule has 1 saturated heterocycles. The third-order valence-corrected chi connectivity index (χ3v) is 3.78. The van der Waals surface area contributed by atoms with E-state index in [1.54, 1.807) is 0 Å². The number of hydrogen-bond donors (Lipinski definition) is 1. The number of carbonyl (C=O) groups excluding carboxylic acids is 1. The van der Waals surface area contributed by atoms with Crippen molar-refractivity contribution in [2.75, 3.05) is 13.2 Å². The highest BCUT2D eigenvalue weighted by Gasteiger charge is 2.44. The number of carbonyl (C=O) groups is 2. The Morgan fingerprint density at radius 3 is 2.41 bits per heavy atom. The first-order valence-electron chi connectivity index (χ1n) is 6.31. The summed E-state index contributed by atoms with van der Waals surface area (Å²) < 4.78 is 0. The van der Waals surface area contributed by atoms with Crippen LogP contribution in [-0.2, 0) is 14.4 Å². The van der Waals surface area contributed by atoms with Gasteiger partial charge in [-0.1, -0.05) is 12.8 Å². The van der Waals surface area contributed by atoms with Gasteiger partial charge in [-0.15, -0.1) is 0 Å². The fourth-order valence-electron chi connectivity index (χ4n) is 2.69. The van der Waals surface area contributed by atoms with Gasteiger partial charge in [0.1, 0.15) is 0 Å². The van der Waals surface area contributed by atoms with Crippen LogP contribution in [0.4, 0.5) is 0 Å². The van der Waals surface area contributed by atoms with Gasteiger partial charge >= 0.3 is 5.97 Å². The van der Waals surface area contributed by atoms with Crippen LogP contribution in [-0.4, -0.2) is 35.2 Å². The van der Waals surface area contributed by atoms with E-state index >= 15 is 0 Å². The second-order valence-electron chi connectivity index (χ2n) is 5.01. The molecule has 1 amide bonds. The zero-order chi connectivity index (χ0) is 12.3. The Labute approximate surface area is 101 Å². The lowest BCUT2D eigenvalue weighted by Gasteiger charge is -2.30. The van der Waals surface area contributed by atoms with Gasteiger partial charge in [0.05, 0.1) is 12.0 Å². The third-order valence-electron chi connectivity index (χ3n) is 3.78. The van der Waals surface area contributed by atoms with E-state index in [-0.39, 0.29) is 12.3 Å². The quantitative estimate of drug-likeness (QED) is 0.814. The highest BCUT2D eigenvalue weighted by molar-refractivity contribution is 5.84. The zero-order valence-corrected chi connectivity index (χ0v) is 9.98. The summed E-state index contributed by atoms with van der Waals surface area (Å²) >= 11 is 0. The van der Waals surface area contributed by atoms with Crippen LogP contribution in [0, 0.1) is 5.41 Å². The topological polar surface area (TPSA) is 66.8 Å². The smallest absolute Gasteiger partial charge is 0.310 e. The summed E-state index contributed by atoms with van der Waals surface area (Å²) in [5.74, 6) is -1.01. The highest BCUT2D eigenvalue weighted by atomic mass is 16.7. The molecular weight excluding hydrogens is 222 g/mol. The molecule has 2 fully saturated rings. The first-order chi connectivity index (χ1) is 8.14. The van der Waals surface area contributed by atoms with Crippen molar-refractivity contribution in [2.24, 2.45) is 5.41 Å². The molecule has 0 spiro atoms. The van der Waals surface area contributed by atoms with Crippen molar-refractivity contribution < 1.29 is 19.5 Å². The van der Waals surface area contributed by atoms with Gasteiger partial charge in [-0.2, -0.15) is 0 Å². The monoisotopic (exact) mass is 241 g/mol. The van der Waals surface area contributed by atoms with Crippen LogP contribution in [0.2, 0.25) is 0 Å². The van der Waals surface area contributed by atoms with Crippen molar-refractivity contribution in [1.29, 1.82) is 0 Å². The van der Waals surface area contributed by atoms with Crippen LogP contribution in [0.25, 0.3) is 0 Å². The normalized spacial score (nSPS) is 23.6. The number of nitrogens with zero attached hydrogens (tertiary/aromatic N) is 1. The molecule has 0 radical (unpaired) electrons. The number of carboxylic acid groups (broad SMARTS) is 1. The van der Waals surface area contributed by atoms with E-state index in [1.807, 2.05) is 0 Å². The van der Waals surface area contributed by atoms with Gasteiger partial charge in [0, 0.05) is 13.0 Å². The Morgan fingerprint density at radius 2 is 1.88 bits per heavy atom. The second-order valence-corrected chi connectivity index (χ2v) is 5.01. The molecule has 1 saturated carbocycles. The predicted molar refractivity (Wildman–Crippen MR) is 60.1 cm³/mol. The highest BCUT2D eigenvalue weighted by Crippen LogP contribution is 2.41. The van der Waals surface area contributed by atoms with Crippen molar-refractivity contribution in [1.82, 2.24) is 5.06 Å². The molecule has 0 aromatic heterocycles. The first kappa shape index (κ1) is 12.4. The van der Waals surface area contributed by atoms with E-state index in [4.69, 9.17) is 4.84 Å². The Morgan fingerprint density at radius 1 is 1.18 bits per heavy atom. The summed E-state index contributed by atoms with van der Waals surface area (Å²) in [7, 11) is 0. The first-order valence-corrected chi connectivity index (χ1v) is 6.31. The Bertz CT molecular complexity index is 304. The average molecular weight is 241 g/mol. The fraction of sp³-hybridized carbons (Fsp3) is 0.833. The fourth-order valence-corrected chi connectivity index (χ4v) is 2.69. The molecule has 2 aliphatic rings. The number of aliphatic carboxylic acids is 1. The van der Waals surface area contributed by atoms with Gasteiger partial charge in [-0.05, 0) is 25.7 Å². The van der Waals surface area contributed by atoms with E-state index in [2.05, 4.69) is 0 Å². The summed E-state index contributed by atoms with van der Waals surface area (Å²) in [6.45, 7) is 1.15. The van der Waals surface area contributed by atoms with Crippen LogP contribution in [0.5, 0.6) is 0 Å². The van der Waals surface area contributed by atoms with Crippen LogP contribution >= 0.6 is 0 Å².